The molecule has 4 heteroatoms. The molecule has 0 bridgehead atoms. The average molecular weight is 286 g/mol. The number of nitrogens with zero attached hydrogens (tertiary/aromatic N) is 1. The Labute approximate surface area is 126 Å². The minimum Gasteiger partial charge on any atom is -0.495 e. The Bertz CT molecular complexity index is 572. The Hall–Kier alpha value is -2.36. The quantitative estimate of drug-likeness (QED) is 0.627. The first-order valence-corrected chi connectivity index (χ1v) is 7.03. The van der Waals surface area contributed by atoms with E-state index in [0.717, 1.165) is 35.8 Å². The second-order valence-electron chi connectivity index (χ2n) is 4.87. The molecule has 4 nitrogen and oxygen atoms in total. The number of rotatable bonds is 7. The van der Waals surface area contributed by atoms with Crippen LogP contribution in [0.25, 0.3) is 0 Å². The highest BCUT2D eigenvalue weighted by Crippen LogP contribution is 2.26. The molecule has 0 radical (unpaired) electrons. The third-order valence-electron chi connectivity index (χ3n) is 3.26. The van der Waals surface area contributed by atoms with Gasteiger partial charge in [0, 0.05) is 25.3 Å². The zero-order valence-corrected chi connectivity index (χ0v) is 12.6. The van der Waals surface area contributed by atoms with E-state index in [2.05, 4.69) is 18.0 Å². The molecular weight excluding hydrogens is 264 g/mol. The van der Waals surface area contributed by atoms with Crippen molar-refractivity contribution in [3.05, 3.63) is 48.5 Å². The predicted molar refractivity (Wildman–Crippen MR) is 87.2 cm³/mol. The second kappa shape index (κ2) is 7.43. The zero-order valence-electron chi connectivity index (χ0n) is 12.6. The highest BCUT2D eigenvalue weighted by Gasteiger charge is 2.06. The highest BCUT2D eigenvalue weighted by molar-refractivity contribution is 5.57. The highest BCUT2D eigenvalue weighted by atomic mass is 16.5. The summed E-state index contributed by atoms with van der Waals surface area (Å²) in [5.74, 6) is 1.70. The lowest BCUT2D eigenvalue weighted by Crippen LogP contribution is -2.20. The fraction of sp³-hybridized carbons (Fsp3) is 0.294. The molecule has 0 aromatic heterocycles. The monoisotopic (exact) mass is 286 g/mol. The van der Waals surface area contributed by atoms with Crippen LogP contribution in [-0.2, 0) is 0 Å². The maximum atomic E-state index is 5.72. The van der Waals surface area contributed by atoms with Gasteiger partial charge in [-0.3, -0.25) is 0 Å². The fourth-order valence-corrected chi connectivity index (χ4v) is 2.16. The van der Waals surface area contributed by atoms with Crippen LogP contribution in [0.1, 0.15) is 6.42 Å². The molecule has 0 unspecified atom stereocenters. The summed E-state index contributed by atoms with van der Waals surface area (Å²) >= 11 is 0. The van der Waals surface area contributed by atoms with E-state index in [1.54, 1.807) is 7.11 Å². The molecule has 0 aliphatic rings. The number of nitrogen functional groups attached to an aromatic ring is 1. The van der Waals surface area contributed by atoms with Gasteiger partial charge in [-0.15, -0.1) is 0 Å². The van der Waals surface area contributed by atoms with E-state index in [0.29, 0.717) is 6.61 Å². The van der Waals surface area contributed by atoms with Gasteiger partial charge in [-0.05, 0) is 30.7 Å². The SMILES string of the molecule is COc1ccccc1N(C)CCCOc1cccc(N)c1. The van der Waals surface area contributed by atoms with Crippen molar-refractivity contribution < 1.29 is 9.47 Å². The number of anilines is 2. The summed E-state index contributed by atoms with van der Waals surface area (Å²) < 4.78 is 11.1. The number of hydrogen-bond donors (Lipinski definition) is 1. The zero-order chi connectivity index (χ0) is 15.1. The van der Waals surface area contributed by atoms with Gasteiger partial charge < -0.3 is 20.1 Å². The van der Waals surface area contributed by atoms with Gasteiger partial charge in [0.05, 0.1) is 19.4 Å². The third kappa shape index (κ3) is 4.31. The van der Waals surface area contributed by atoms with Crippen LogP contribution in [0.2, 0.25) is 0 Å². The number of hydrogen-bond acceptors (Lipinski definition) is 4. The Balaban J connectivity index is 1.80. The van der Waals surface area contributed by atoms with Crippen molar-refractivity contribution in [1.82, 2.24) is 0 Å². The average Bonchev–Trinajstić information content (AvgIpc) is 2.51. The van der Waals surface area contributed by atoms with Gasteiger partial charge in [-0.1, -0.05) is 18.2 Å². The summed E-state index contributed by atoms with van der Waals surface area (Å²) in [6, 6.07) is 15.5. The third-order valence-corrected chi connectivity index (χ3v) is 3.26. The molecule has 0 spiro atoms. The van der Waals surface area contributed by atoms with E-state index in [9.17, 15) is 0 Å². The molecule has 0 saturated heterocycles. The first-order valence-electron chi connectivity index (χ1n) is 7.03. The molecule has 2 aromatic carbocycles. The van der Waals surface area contributed by atoms with E-state index in [1.807, 2.05) is 42.5 Å². The molecule has 0 aliphatic carbocycles. The molecule has 0 atom stereocenters. The first-order chi connectivity index (χ1) is 10.2. The minimum atomic E-state index is 0.656. The van der Waals surface area contributed by atoms with Gasteiger partial charge in [0.25, 0.3) is 0 Å². The number of methoxy groups -OCH3 is 1. The Morgan fingerprint density at radius 2 is 1.90 bits per heavy atom. The summed E-state index contributed by atoms with van der Waals surface area (Å²) in [5.41, 5.74) is 7.52. The van der Waals surface area contributed by atoms with E-state index in [4.69, 9.17) is 15.2 Å². The molecule has 2 N–H and O–H groups in total. The van der Waals surface area contributed by atoms with Crippen molar-refractivity contribution in [1.29, 1.82) is 0 Å². The largest absolute Gasteiger partial charge is 0.495 e. The normalized spacial score (nSPS) is 10.2. The Kier molecular flexibility index (Phi) is 5.32. The maximum absolute atomic E-state index is 5.72. The van der Waals surface area contributed by atoms with Crippen LogP contribution in [0.3, 0.4) is 0 Å². The molecule has 2 rings (SSSR count). The van der Waals surface area contributed by atoms with Gasteiger partial charge >= 0.3 is 0 Å². The van der Waals surface area contributed by atoms with E-state index in [-0.39, 0.29) is 0 Å². The van der Waals surface area contributed by atoms with Crippen molar-refractivity contribution in [2.75, 3.05) is 37.9 Å². The standard InChI is InChI=1S/C17H22N2O2/c1-19(16-9-3-4-10-17(16)20-2)11-6-12-21-15-8-5-7-14(18)13-15/h3-5,7-10,13H,6,11-12,18H2,1-2H3. The molecule has 112 valence electrons. The molecule has 0 amide bonds. The Morgan fingerprint density at radius 3 is 2.67 bits per heavy atom. The number of para-hydroxylation sites is 2. The van der Waals surface area contributed by atoms with Crippen molar-refractivity contribution in [3.63, 3.8) is 0 Å². The molecule has 0 fully saturated rings. The lowest BCUT2D eigenvalue weighted by molar-refractivity contribution is 0.312. The summed E-state index contributed by atoms with van der Waals surface area (Å²) in [7, 11) is 3.74. The van der Waals surface area contributed by atoms with E-state index < -0.39 is 0 Å². The van der Waals surface area contributed by atoms with Crippen LogP contribution in [-0.4, -0.2) is 27.3 Å². The fourth-order valence-electron chi connectivity index (χ4n) is 2.16. The molecule has 0 aliphatic heterocycles. The van der Waals surface area contributed by atoms with Crippen molar-refractivity contribution in [2.45, 2.75) is 6.42 Å². The van der Waals surface area contributed by atoms with Gasteiger partial charge in [0.15, 0.2) is 0 Å². The van der Waals surface area contributed by atoms with Crippen LogP contribution in [0.15, 0.2) is 48.5 Å². The van der Waals surface area contributed by atoms with Gasteiger partial charge in [-0.25, -0.2) is 0 Å². The smallest absolute Gasteiger partial charge is 0.142 e. The van der Waals surface area contributed by atoms with Crippen LogP contribution < -0.4 is 20.1 Å². The van der Waals surface area contributed by atoms with Gasteiger partial charge in [0.1, 0.15) is 11.5 Å². The second-order valence-corrected chi connectivity index (χ2v) is 4.87. The van der Waals surface area contributed by atoms with E-state index in [1.165, 1.54) is 0 Å². The maximum Gasteiger partial charge on any atom is 0.142 e. The molecule has 0 saturated carbocycles. The first kappa shape index (κ1) is 15.0. The summed E-state index contributed by atoms with van der Waals surface area (Å²) in [5, 5.41) is 0. The molecule has 2 aromatic rings. The molecule has 0 heterocycles. The van der Waals surface area contributed by atoms with Crippen LogP contribution in [0.4, 0.5) is 11.4 Å². The topological polar surface area (TPSA) is 47.7 Å². The van der Waals surface area contributed by atoms with Crippen molar-refractivity contribution in [2.24, 2.45) is 0 Å². The number of nitrogens with two attached hydrogens (primary N) is 1. The van der Waals surface area contributed by atoms with Gasteiger partial charge in [0.2, 0.25) is 0 Å². The van der Waals surface area contributed by atoms with E-state index >= 15 is 0 Å². The lowest BCUT2D eigenvalue weighted by Gasteiger charge is -2.21. The summed E-state index contributed by atoms with van der Waals surface area (Å²) in [6.45, 7) is 1.55. The van der Waals surface area contributed by atoms with Crippen molar-refractivity contribution >= 4 is 11.4 Å². The van der Waals surface area contributed by atoms with Crippen LogP contribution >= 0.6 is 0 Å². The Morgan fingerprint density at radius 1 is 1.10 bits per heavy atom. The molecule has 21 heavy (non-hydrogen) atoms. The summed E-state index contributed by atoms with van der Waals surface area (Å²) in [4.78, 5) is 2.17. The molecular formula is C17H22N2O2. The van der Waals surface area contributed by atoms with Crippen LogP contribution in [0.5, 0.6) is 11.5 Å². The van der Waals surface area contributed by atoms with Gasteiger partial charge in [-0.2, -0.15) is 0 Å². The summed E-state index contributed by atoms with van der Waals surface area (Å²) in [6.07, 6.45) is 0.920. The number of benzene rings is 2. The van der Waals surface area contributed by atoms with Crippen molar-refractivity contribution in [3.8, 4) is 11.5 Å². The predicted octanol–water partition coefficient (Wildman–Crippen LogP) is 3.18. The van der Waals surface area contributed by atoms with Crippen LogP contribution in [0, 0.1) is 0 Å². The minimum absolute atomic E-state index is 0.656. The number of ether oxygens (including phenoxy) is 2. The lowest BCUT2D eigenvalue weighted by atomic mass is 10.2.